The standard InChI is InChI=1S/C7H7N3O/c1-10(7(11)5-8)6-3-2-4-9-6/h2-4,9H,1H3. The Hall–Kier alpha value is -1.76. The van der Waals surface area contributed by atoms with Crippen molar-refractivity contribution in [2.75, 3.05) is 11.9 Å². The number of anilines is 1. The van der Waals surface area contributed by atoms with Crippen molar-refractivity contribution in [3.63, 3.8) is 0 Å². The molecule has 1 heterocycles. The van der Waals surface area contributed by atoms with Gasteiger partial charge in [-0.3, -0.25) is 9.69 Å². The van der Waals surface area contributed by atoms with Crippen LogP contribution in [-0.2, 0) is 4.79 Å². The molecule has 0 aliphatic carbocycles. The van der Waals surface area contributed by atoms with Crippen molar-refractivity contribution < 1.29 is 4.79 Å². The van der Waals surface area contributed by atoms with Crippen LogP contribution in [0, 0.1) is 11.3 Å². The smallest absolute Gasteiger partial charge is 0.330 e. The average molecular weight is 149 g/mol. The van der Waals surface area contributed by atoms with E-state index in [2.05, 4.69) is 4.98 Å². The van der Waals surface area contributed by atoms with E-state index in [-0.39, 0.29) is 0 Å². The first kappa shape index (κ1) is 7.35. The van der Waals surface area contributed by atoms with Crippen molar-refractivity contribution in [2.45, 2.75) is 0 Å². The molecule has 0 unspecified atom stereocenters. The molecule has 1 amide bonds. The van der Waals surface area contributed by atoms with E-state index >= 15 is 0 Å². The zero-order chi connectivity index (χ0) is 8.27. The van der Waals surface area contributed by atoms with Gasteiger partial charge in [-0.2, -0.15) is 5.26 Å². The Morgan fingerprint density at radius 2 is 2.55 bits per heavy atom. The van der Waals surface area contributed by atoms with Crippen LogP contribution in [0.15, 0.2) is 18.3 Å². The zero-order valence-electron chi connectivity index (χ0n) is 6.03. The monoisotopic (exact) mass is 149 g/mol. The summed E-state index contributed by atoms with van der Waals surface area (Å²) in [6.45, 7) is 0. The summed E-state index contributed by atoms with van der Waals surface area (Å²) >= 11 is 0. The van der Waals surface area contributed by atoms with Crippen molar-refractivity contribution in [3.8, 4) is 6.07 Å². The first-order chi connectivity index (χ1) is 5.25. The third-order valence-corrected chi connectivity index (χ3v) is 1.34. The van der Waals surface area contributed by atoms with Gasteiger partial charge >= 0.3 is 5.91 Å². The number of amides is 1. The highest BCUT2D eigenvalue weighted by molar-refractivity contribution is 6.03. The zero-order valence-corrected chi connectivity index (χ0v) is 6.03. The van der Waals surface area contributed by atoms with Crippen LogP contribution < -0.4 is 4.90 Å². The topological polar surface area (TPSA) is 59.9 Å². The molecule has 1 rings (SSSR count). The Kier molecular flexibility index (Phi) is 1.93. The van der Waals surface area contributed by atoms with Gasteiger partial charge in [0.1, 0.15) is 5.82 Å². The number of carbonyl (C=O) groups is 1. The summed E-state index contributed by atoms with van der Waals surface area (Å²) in [4.78, 5) is 14.8. The summed E-state index contributed by atoms with van der Waals surface area (Å²) < 4.78 is 0. The van der Waals surface area contributed by atoms with Gasteiger partial charge < -0.3 is 4.98 Å². The van der Waals surface area contributed by atoms with Crippen LogP contribution in [0.25, 0.3) is 0 Å². The van der Waals surface area contributed by atoms with Gasteiger partial charge in [0, 0.05) is 13.2 Å². The Morgan fingerprint density at radius 3 is 3.00 bits per heavy atom. The first-order valence-corrected chi connectivity index (χ1v) is 3.07. The van der Waals surface area contributed by atoms with E-state index in [1.54, 1.807) is 18.3 Å². The maximum absolute atomic E-state index is 10.8. The van der Waals surface area contributed by atoms with Gasteiger partial charge in [-0.05, 0) is 12.1 Å². The van der Waals surface area contributed by atoms with Crippen molar-refractivity contribution >= 4 is 11.7 Å². The van der Waals surface area contributed by atoms with Crippen LogP contribution in [0.4, 0.5) is 5.82 Å². The third-order valence-electron chi connectivity index (χ3n) is 1.34. The lowest BCUT2D eigenvalue weighted by Gasteiger charge is -2.08. The van der Waals surface area contributed by atoms with Gasteiger partial charge in [0.15, 0.2) is 6.07 Å². The molecule has 0 aliphatic rings. The van der Waals surface area contributed by atoms with Crippen molar-refractivity contribution in [1.29, 1.82) is 5.26 Å². The number of H-pyrrole nitrogens is 1. The van der Waals surface area contributed by atoms with Crippen LogP contribution in [-0.4, -0.2) is 17.9 Å². The minimum atomic E-state index is -0.576. The largest absolute Gasteiger partial charge is 0.348 e. The maximum atomic E-state index is 10.8. The molecule has 1 aromatic heterocycles. The Morgan fingerprint density at radius 1 is 1.82 bits per heavy atom. The summed E-state index contributed by atoms with van der Waals surface area (Å²) in [5, 5.41) is 8.25. The molecule has 0 aliphatic heterocycles. The summed E-state index contributed by atoms with van der Waals surface area (Å²) in [7, 11) is 1.54. The molecule has 1 N–H and O–H groups in total. The molecule has 0 radical (unpaired) electrons. The van der Waals surface area contributed by atoms with Crippen LogP contribution in [0.5, 0.6) is 0 Å². The lowest BCUT2D eigenvalue weighted by molar-refractivity contribution is -0.113. The molecular weight excluding hydrogens is 142 g/mol. The SMILES string of the molecule is CN(C(=O)C#N)c1ccc[nH]1. The Balaban J connectivity index is 2.80. The summed E-state index contributed by atoms with van der Waals surface area (Å²) in [5.41, 5.74) is 0. The summed E-state index contributed by atoms with van der Waals surface area (Å²) in [5.74, 6) is 0.0454. The quantitative estimate of drug-likeness (QED) is 0.591. The van der Waals surface area contributed by atoms with Gasteiger partial charge in [-0.1, -0.05) is 0 Å². The summed E-state index contributed by atoms with van der Waals surface area (Å²) in [6, 6.07) is 5.00. The third kappa shape index (κ3) is 1.38. The number of nitrogens with one attached hydrogen (secondary N) is 1. The number of aromatic amines is 1. The van der Waals surface area contributed by atoms with Gasteiger partial charge in [0.25, 0.3) is 0 Å². The lowest BCUT2D eigenvalue weighted by atomic mass is 10.5. The number of aromatic nitrogens is 1. The summed E-state index contributed by atoms with van der Waals surface area (Å²) in [6.07, 6.45) is 1.69. The number of rotatable bonds is 1. The van der Waals surface area contributed by atoms with E-state index in [1.165, 1.54) is 18.0 Å². The normalized spacial score (nSPS) is 8.73. The highest BCUT2D eigenvalue weighted by Gasteiger charge is 2.08. The number of nitrogens with zero attached hydrogens (tertiary/aromatic N) is 2. The van der Waals surface area contributed by atoms with Gasteiger partial charge in [0.05, 0.1) is 0 Å². The fourth-order valence-electron chi connectivity index (χ4n) is 0.714. The van der Waals surface area contributed by atoms with Gasteiger partial charge in [-0.25, -0.2) is 0 Å². The van der Waals surface area contributed by atoms with Crippen LogP contribution in [0.2, 0.25) is 0 Å². The Bertz CT molecular complexity index is 283. The van der Waals surface area contributed by atoms with Crippen LogP contribution in [0.1, 0.15) is 0 Å². The maximum Gasteiger partial charge on any atom is 0.330 e. The average Bonchev–Trinajstić information content (AvgIpc) is 2.53. The highest BCUT2D eigenvalue weighted by atomic mass is 16.2. The molecule has 1 aromatic rings. The second-order valence-electron chi connectivity index (χ2n) is 2.03. The second kappa shape index (κ2) is 2.88. The van der Waals surface area contributed by atoms with E-state index in [9.17, 15) is 4.79 Å². The van der Waals surface area contributed by atoms with Gasteiger partial charge in [-0.15, -0.1) is 0 Å². The fraction of sp³-hybridized carbons (Fsp3) is 0.143. The molecule has 0 saturated carbocycles. The first-order valence-electron chi connectivity index (χ1n) is 3.07. The second-order valence-corrected chi connectivity index (χ2v) is 2.03. The van der Waals surface area contributed by atoms with Crippen molar-refractivity contribution in [2.24, 2.45) is 0 Å². The number of hydrogen-bond donors (Lipinski definition) is 1. The van der Waals surface area contributed by atoms with Crippen molar-refractivity contribution in [3.05, 3.63) is 18.3 Å². The highest BCUT2D eigenvalue weighted by Crippen LogP contribution is 2.06. The van der Waals surface area contributed by atoms with E-state index < -0.39 is 5.91 Å². The van der Waals surface area contributed by atoms with Crippen LogP contribution in [0.3, 0.4) is 0 Å². The molecule has 56 valence electrons. The lowest BCUT2D eigenvalue weighted by Crippen LogP contribution is -2.24. The molecule has 0 atom stereocenters. The molecule has 0 bridgehead atoms. The number of hydrogen-bond acceptors (Lipinski definition) is 2. The Labute approximate surface area is 64.0 Å². The molecule has 4 nitrogen and oxygen atoms in total. The van der Waals surface area contributed by atoms with E-state index in [4.69, 9.17) is 5.26 Å². The molecule has 4 heteroatoms. The molecule has 0 fully saturated rings. The number of carbonyl (C=O) groups excluding carboxylic acids is 1. The predicted molar refractivity (Wildman–Crippen MR) is 39.8 cm³/mol. The molecule has 0 saturated heterocycles. The fourth-order valence-corrected chi connectivity index (χ4v) is 0.714. The van der Waals surface area contributed by atoms with E-state index in [0.29, 0.717) is 5.82 Å². The molecular formula is C7H7N3O. The van der Waals surface area contributed by atoms with Crippen molar-refractivity contribution in [1.82, 2.24) is 4.98 Å². The predicted octanol–water partition coefficient (Wildman–Crippen LogP) is 0.501. The van der Waals surface area contributed by atoms with E-state index in [1.807, 2.05) is 0 Å². The molecule has 0 spiro atoms. The van der Waals surface area contributed by atoms with Crippen LogP contribution >= 0.6 is 0 Å². The van der Waals surface area contributed by atoms with Gasteiger partial charge in [0.2, 0.25) is 0 Å². The minimum absolute atomic E-state index is 0.576. The molecule has 11 heavy (non-hydrogen) atoms. The number of nitriles is 1. The minimum Gasteiger partial charge on any atom is -0.348 e. The molecule has 0 aromatic carbocycles. The van der Waals surface area contributed by atoms with E-state index in [0.717, 1.165) is 0 Å².